The molecule has 5 nitrogen and oxygen atoms in total. The number of rotatable bonds is 4. The molecular weight excluding hydrogens is 353 g/mol. The summed E-state index contributed by atoms with van der Waals surface area (Å²) in [6, 6.07) is 0.524. The first-order valence-electron chi connectivity index (χ1n) is 8.69. The van der Waals surface area contributed by atoms with Gasteiger partial charge >= 0.3 is 6.18 Å². The fourth-order valence-corrected chi connectivity index (χ4v) is 4.11. The molecule has 0 bridgehead atoms. The summed E-state index contributed by atoms with van der Waals surface area (Å²) in [4.78, 5) is 10.0. The van der Waals surface area contributed by atoms with E-state index < -0.39 is 11.1 Å². The zero-order valence-electron chi connectivity index (χ0n) is 14.6. The van der Waals surface area contributed by atoms with Crippen molar-refractivity contribution >= 4 is 16.5 Å². The summed E-state index contributed by atoms with van der Waals surface area (Å²) in [7, 11) is 0. The molecular formula is C16H25F3N4OS. The first-order valence-corrected chi connectivity index (χ1v) is 9.50. The Kier molecular flexibility index (Phi) is 5.87. The summed E-state index contributed by atoms with van der Waals surface area (Å²) in [5.41, 5.74) is 0. The van der Waals surface area contributed by atoms with E-state index in [2.05, 4.69) is 28.6 Å². The van der Waals surface area contributed by atoms with Crippen LogP contribution in [0.15, 0.2) is 6.20 Å². The molecule has 25 heavy (non-hydrogen) atoms. The molecule has 1 atom stereocenters. The summed E-state index contributed by atoms with van der Waals surface area (Å²) in [5.74, 6) is 0. The molecule has 0 aliphatic carbocycles. The largest absolute Gasteiger partial charge is 0.427 e. The van der Waals surface area contributed by atoms with E-state index in [0.29, 0.717) is 24.3 Å². The molecule has 2 saturated heterocycles. The third-order valence-electron chi connectivity index (χ3n) is 4.78. The fraction of sp³-hybridized carbons (Fsp3) is 0.812. The van der Waals surface area contributed by atoms with Crippen LogP contribution in [0.25, 0.3) is 0 Å². The number of thiazole rings is 1. The summed E-state index contributed by atoms with van der Waals surface area (Å²) in [6.07, 6.45) is -3.17. The van der Waals surface area contributed by atoms with E-state index in [9.17, 15) is 13.2 Å². The number of nitrogens with zero attached hydrogens (tertiary/aromatic N) is 4. The van der Waals surface area contributed by atoms with Gasteiger partial charge in [-0.05, 0) is 13.8 Å². The van der Waals surface area contributed by atoms with E-state index in [4.69, 9.17) is 4.74 Å². The molecule has 0 amide bonds. The van der Waals surface area contributed by atoms with Crippen LogP contribution in [0.3, 0.4) is 0 Å². The summed E-state index contributed by atoms with van der Waals surface area (Å²) < 4.78 is 44.0. The normalized spacial score (nSPS) is 24.2. The number of piperazine rings is 1. The van der Waals surface area contributed by atoms with Gasteiger partial charge in [0.15, 0.2) is 5.13 Å². The third kappa shape index (κ3) is 4.84. The van der Waals surface area contributed by atoms with Crippen molar-refractivity contribution in [3.63, 3.8) is 0 Å². The number of hydrogen-bond acceptors (Lipinski definition) is 6. The van der Waals surface area contributed by atoms with Crippen LogP contribution >= 0.6 is 11.3 Å². The van der Waals surface area contributed by atoms with E-state index in [1.165, 1.54) is 0 Å². The average Bonchev–Trinajstić information content (AvgIpc) is 3.06. The molecule has 0 aromatic carbocycles. The molecule has 2 fully saturated rings. The molecule has 0 N–H and O–H groups in total. The Labute approximate surface area is 150 Å². The SMILES string of the molecule is CC(C)N1CCOC(CN2CCN(c3ncc(C(F)(F)F)s3)CC2)C1. The second kappa shape index (κ2) is 7.77. The Bertz CT molecular complexity index is 558. The second-order valence-electron chi connectivity index (χ2n) is 6.87. The van der Waals surface area contributed by atoms with Gasteiger partial charge in [0.1, 0.15) is 4.88 Å². The summed E-state index contributed by atoms with van der Waals surface area (Å²) in [5, 5.41) is 0.465. The minimum Gasteiger partial charge on any atom is -0.374 e. The van der Waals surface area contributed by atoms with Gasteiger partial charge in [-0.15, -0.1) is 0 Å². The van der Waals surface area contributed by atoms with Gasteiger partial charge in [-0.3, -0.25) is 9.80 Å². The molecule has 0 radical (unpaired) electrons. The molecule has 1 aromatic heterocycles. The summed E-state index contributed by atoms with van der Waals surface area (Å²) in [6.45, 7) is 11.0. The number of ether oxygens (including phenoxy) is 1. The van der Waals surface area contributed by atoms with Crippen LogP contribution in [0.4, 0.5) is 18.3 Å². The number of anilines is 1. The van der Waals surface area contributed by atoms with Crippen LogP contribution in [0.5, 0.6) is 0 Å². The topological polar surface area (TPSA) is 31.8 Å². The first kappa shape index (κ1) is 18.9. The van der Waals surface area contributed by atoms with Gasteiger partial charge in [0.2, 0.25) is 0 Å². The Hall–Kier alpha value is -0.900. The molecule has 3 rings (SSSR count). The van der Waals surface area contributed by atoms with Crippen LogP contribution in [0, 0.1) is 0 Å². The van der Waals surface area contributed by atoms with Gasteiger partial charge in [0.05, 0.1) is 18.9 Å². The van der Waals surface area contributed by atoms with Crippen LogP contribution in [-0.4, -0.2) is 79.3 Å². The van der Waals surface area contributed by atoms with Gasteiger partial charge < -0.3 is 9.64 Å². The Morgan fingerprint density at radius 1 is 1.24 bits per heavy atom. The highest BCUT2D eigenvalue weighted by atomic mass is 32.1. The fourth-order valence-electron chi connectivity index (χ4n) is 3.27. The van der Waals surface area contributed by atoms with Crippen molar-refractivity contribution < 1.29 is 17.9 Å². The van der Waals surface area contributed by atoms with Crippen molar-refractivity contribution in [2.24, 2.45) is 0 Å². The number of alkyl halides is 3. The summed E-state index contributed by atoms with van der Waals surface area (Å²) >= 11 is 0.727. The highest BCUT2D eigenvalue weighted by Crippen LogP contribution is 2.36. The molecule has 1 aromatic rings. The van der Waals surface area contributed by atoms with Crippen LogP contribution in [0.2, 0.25) is 0 Å². The Balaban J connectivity index is 1.48. The average molecular weight is 378 g/mol. The maximum absolute atomic E-state index is 12.7. The van der Waals surface area contributed by atoms with Crippen molar-refractivity contribution in [2.45, 2.75) is 32.2 Å². The lowest BCUT2D eigenvalue weighted by atomic mass is 10.2. The molecule has 2 aliphatic heterocycles. The zero-order valence-corrected chi connectivity index (χ0v) is 15.4. The molecule has 0 saturated carbocycles. The van der Waals surface area contributed by atoms with Crippen molar-refractivity contribution in [3.8, 4) is 0 Å². The minimum absolute atomic E-state index is 0.208. The molecule has 0 spiro atoms. The molecule has 3 heterocycles. The number of aromatic nitrogens is 1. The van der Waals surface area contributed by atoms with Gasteiger partial charge in [-0.2, -0.15) is 13.2 Å². The van der Waals surface area contributed by atoms with Gasteiger partial charge in [0.25, 0.3) is 0 Å². The molecule has 9 heteroatoms. The van der Waals surface area contributed by atoms with Crippen LogP contribution < -0.4 is 4.90 Å². The predicted molar refractivity (Wildman–Crippen MR) is 92.2 cm³/mol. The third-order valence-corrected chi connectivity index (χ3v) is 5.88. The molecule has 1 unspecified atom stereocenters. The molecule has 142 valence electrons. The van der Waals surface area contributed by atoms with E-state index in [-0.39, 0.29) is 6.10 Å². The van der Waals surface area contributed by atoms with Crippen molar-refractivity contribution in [3.05, 3.63) is 11.1 Å². The Morgan fingerprint density at radius 2 is 1.96 bits per heavy atom. The quantitative estimate of drug-likeness (QED) is 0.803. The van der Waals surface area contributed by atoms with E-state index in [1.54, 1.807) is 0 Å². The lowest BCUT2D eigenvalue weighted by Crippen LogP contribution is -2.53. The van der Waals surface area contributed by atoms with Gasteiger partial charge in [-0.25, -0.2) is 4.98 Å². The monoisotopic (exact) mass is 378 g/mol. The van der Waals surface area contributed by atoms with Crippen LogP contribution in [-0.2, 0) is 10.9 Å². The van der Waals surface area contributed by atoms with Crippen molar-refractivity contribution in [2.75, 3.05) is 57.3 Å². The van der Waals surface area contributed by atoms with Crippen LogP contribution in [0.1, 0.15) is 18.7 Å². The lowest BCUT2D eigenvalue weighted by Gasteiger charge is -2.40. The van der Waals surface area contributed by atoms with E-state index in [1.807, 2.05) is 4.90 Å². The molecule has 2 aliphatic rings. The zero-order chi connectivity index (χ0) is 18.0. The minimum atomic E-state index is -4.31. The van der Waals surface area contributed by atoms with E-state index >= 15 is 0 Å². The number of halogens is 3. The van der Waals surface area contributed by atoms with Crippen molar-refractivity contribution in [1.29, 1.82) is 0 Å². The van der Waals surface area contributed by atoms with E-state index in [0.717, 1.165) is 56.9 Å². The van der Waals surface area contributed by atoms with Gasteiger partial charge in [-0.1, -0.05) is 11.3 Å². The Morgan fingerprint density at radius 3 is 2.56 bits per heavy atom. The highest BCUT2D eigenvalue weighted by molar-refractivity contribution is 7.15. The second-order valence-corrected chi connectivity index (χ2v) is 7.88. The maximum Gasteiger partial charge on any atom is 0.427 e. The maximum atomic E-state index is 12.7. The lowest BCUT2D eigenvalue weighted by molar-refractivity contribution is -0.134. The predicted octanol–water partition coefficient (Wildman–Crippen LogP) is 2.39. The van der Waals surface area contributed by atoms with Crippen molar-refractivity contribution in [1.82, 2.24) is 14.8 Å². The number of hydrogen-bond donors (Lipinski definition) is 0. The van der Waals surface area contributed by atoms with Gasteiger partial charge in [0, 0.05) is 51.9 Å². The highest BCUT2D eigenvalue weighted by Gasteiger charge is 2.34. The number of morpholine rings is 1. The smallest absolute Gasteiger partial charge is 0.374 e. The standard InChI is InChI=1S/C16H25F3N4OS/c1-12(2)23-7-8-24-13(11-23)10-21-3-5-22(6-4-21)15-20-9-14(25-15)16(17,18)19/h9,12-13H,3-8,10-11H2,1-2H3. The first-order chi connectivity index (χ1) is 11.8.